The zero-order valence-electron chi connectivity index (χ0n) is 11.4. The first-order valence-corrected chi connectivity index (χ1v) is 6.63. The quantitative estimate of drug-likeness (QED) is 0.755. The number of hydrogen-bond acceptors (Lipinski definition) is 3. The van der Waals surface area contributed by atoms with E-state index in [-0.39, 0.29) is 11.7 Å². The highest BCUT2D eigenvalue weighted by Crippen LogP contribution is 2.08. The van der Waals surface area contributed by atoms with Crippen LogP contribution in [0.1, 0.15) is 19.8 Å². The molecule has 0 saturated carbocycles. The summed E-state index contributed by atoms with van der Waals surface area (Å²) in [4.78, 5) is 13.9. The Hall–Kier alpha value is -1.46. The maximum Gasteiger partial charge on any atom is 0.238 e. The first-order chi connectivity index (χ1) is 9.15. The van der Waals surface area contributed by atoms with E-state index in [9.17, 15) is 9.18 Å². The van der Waals surface area contributed by atoms with Crippen LogP contribution in [0, 0.1) is 5.82 Å². The van der Waals surface area contributed by atoms with Crippen LogP contribution in [0.25, 0.3) is 0 Å². The number of benzene rings is 1. The molecule has 3 N–H and O–H groups in total. The Balaban J connectivity index is 2.45. The zero-order chi connectivity index (χ0) is 14.1. The average molecular weight is 267 g/mol. The highest BCUT2D eigenvalue weighted by atomic mass is 19.1. The molecule has 0 radical (unpaired) electrons. The van der Waals surface area contributed by atoms with Crippen LogP contribution in [0.2, 0.25) is 0 Å². The molecule has 106 valence electrons. The van der Waals surface area contributed by atoms with E-state index < -0.39 is 0 Å². The molecule has 0 aliphatic rings. The molecule has 19 heavy (non-hydrogen) atoms. The van der Waals surface area contributed by atoms with E-state index >= 15 is 0 Å². The Morgan fingerprint density at radius 3 is 2.58 bits per heavy atom. The van der Waals surface area contributed by atoms with Crippen LogP contribution in [0.4, 0.5) is 10.1 Å². The van der Waals surface area contributed by atoms with Gasteiger partial charge < -0.3 is 11.1 Å². The molecule has 4 nitrogen and oxygen atoms in total. The van der Waals surface area contributed by atoms with Crippen molar-refractivity contribution in [2.75, 3.05) is 31.5 Å². The maximum atomic E-state index is 12.7. The van der Waals surface area contributed by atoms with Gasteiger partial charge in [0.1, 0.15) is 5.82 Å². The Labute approximate surface area is 113 Å². The van der Waals surface area contributed by atoms with E-state index in [0.717, 1.165) is 25.9 Å². The van der Waals surface area contributed by atoms with Crippen molar-refractivity contribution in [2.45, 2.75) is 19.8 Å². The molecule has 1 aromatic carbocycles. The Bertz CT molecular complexity index is 381. The lowest BCUT2D eigenvalue weighted by Gasteiger charge is -2.20. The van der Waals surface area contributed by atoms with Crippen molar-refractivity contribution in [3.05, 3.63) is 30.1 Å². The van der Waals surface area contributed by atoms with Gasteiger partial charge >= 0.3 is 0 Å². The fourth-order valence-corrected chi connectivity index (χ4v) is 1.84. The van der Waals surface area contributed by atoms with Crippen molar-refractivity contribution < 1.29 is 9.18 Å². The molecule has 0 aromatic heterocycles. The van der Waals surface area contributed by atoms with E-state index in [4.69, 9.17) is 5.73 Å². The Morgan fingerprint density at radius 1 is 1.32 bits per heavy atom. The third kappa shape index (κ3) is 6.31. The number of carbonyl (C=O) groups is 1. The van der Waals surface area contributed by atoms with Gasteiger partial charge in [0, 0.05) is 5.69 Å². The molecule has 0 unspecified atom stereocenters. The van der Waals surface area contributed by atoms with Gasteiger partial charge in [0.25, 0.3) is 0 Å². The van der Waals surface area contributed by atoms with E-state index in [1.807, 2.05) is 0 Å². The number of carbonyl (C=O) groups excluding carboxylic acids is 1. The fraction of sp³-hybridized carbons (Fsp3) is 0.500. The summed E-state index contributed by atoms with van der Waals surface area (Å²) in [6.45, 7) is 4.73. The molecule has 1 rings (SSSR count). The van der Waals surface area contributed by atoms with E-state index in [2.05, 4.69) is 17.1 Å². The van der Waals surface area contributed by atoms with Crippen LogP contribution in [0.15, 0.2) is 24.3 Å². The summed E-state index contributed by atoms with van der Waals surface area (Å²) in [5.74, 6) is -0.398. The van der Waals surface area contributed by atoms with Crippen LogP contribution in [-0.2, 0) is 4.79 Å². The molecule has 0 atom stereocenters. The minimum absolute atomic E-state index is 0.0860. The molecule has 0 spiro atoms. The minimum atomic E-state index is -0.312. The van der Waals surface area contributed by atoms with Crippen LogP contribution >= 0.6 is 0 Å². The summed E-state index contributed by atoms with van der Waals surface area (Å²) >= 11 is 0. The third-order valence-electron chi connectivity index (χ3n) is 2.71. The summed E-state index contributed by atoms with van der Waals surface area (Å²) in [6.07, 6.45) is 1.87. The van der Waals surface area contributed by atoms with Gasteiger partial charge in [0.15, 0.2) is 0 Å². The molecule has 1 aromatic rings. The number of anilines is 1. The van der Waals surface area contributed by atoms with Crippen molar-refractivity contribution in [3.63, 3.8) is 0 Å². The zero-order valence-corrected chi connectivity index (χ0v) is 11.4. The van der Waals surface area contributed by atoms with Crippen LogP contribution in [0.5, 0.6) is 0 Å². The van der Waals surface area contributed by atoms with Crippen molar-refractivity contribution in [3.8, 4) is 0 Å². The molecule has 0 bridgehead atoms. The molecule has 1 amide bonds. The lowest BCUT2D eigenvalue weighted by atomic mass is 10.3. The molecule has 0 heterocycles. The topological polar surface area (TPSA) is 58.4 Å². The van der Waals surface area contributed by atoms with Gasteiger partial charge in [-0.2, -0.15) is 0 Å². The summed E-state index contributed by atoms with van der Waals surface area (Å²) in [6, 6.07) is 5.76. The van der Waals surface area contributed by atoms with Crippen LogP contribution < -0.4 is 11.1 Å². The van der Waals surface area contributed by atoms with Crippen molar-refractivity contribution in [1.82, 2.24) is 4.90 Å². The molecule has 0 aliphatic heterocycles. The van der Waals surface area contributed by atoms with Gasteiger partial charge in [-0.1, -0.05) is 6.92 Å². The summed E-state index contributed by atoms with van der Waals surface area (Å²) in [5.41, 5.74) is 6.09. The van der Waals surface area contributed by atoms with E-state index in [0.29, 0.717) is 18.8 Å². The Kier molecular flexibility index (Phi) is 7.07. The number of nitrogens with one attached hydrogen (secondary N) is 1. The Morgan fingerprint density at radius 2 is 2.00 bits per heavy atom. The summed E-state index contributed by atoms with van der Waals surface area (Å²) in [7, 11) is 0. The first-order valence-electron chi connectivity index (χ1n) is 6.63. The number of nitrogens with two attached hydrogens (primary N) is 1. The molecule has 5 heteroatoms. The standard InChI is InChI=1S/C14H22FN3O/c1-2-9-18(10-3-8-16)11-14(19)17-13-6-4-12(15)5-7-13/h4-7H,2-3,8-11,16H2,1H3,(H,17,19). The minimum Gasteiger partial charge on any atom is -0.330 e. The van der Waals surface area contributed by atoms with Gasteiger partial charge in [0.05, 0.1) is 6.54 Å². The fourth-order valence-electron chi connectivity index (χ4n) is 1.84. The van der Waals surface area contributed by atoms with Gasteiger partial charge in [-0.05, 0) is 56.7 Å². The predicted octanol–water partition coefficient (Wildman–Crippen LogP) is 1.82. The highest BCUT2D eigenvalue weighted by molar-refractivity contribution is 5.92. The van der Waals surface area contributed by atoms with Gasteiger partial charge in [0.2, 0.25) is 5.91 Å². The molecule has 0 fully saturated rings. The van der Waals surface area contributed by atoms with Crippen LogP contribution in [-0.4, -0.2) is 37.0 Å². The number of nitrogens with zero attached hydrogens (tertiary/aromatic N) is 1. The van der Waals surface area contributed by atoms with Crippen molar-refractivity contribution in [2.24, 2.45) is 5.73 Å². The maximum absolute atomic E-state index is 12.7. The van der Waals surface area contributed by atoms with Gasteiger partial charge in [-0.25, -0.2) is 4.39 Å². The average Bonchev–Trinajstić information content (AvgIpc) is 2.39. The summed E-state index contributed by atoms with van der Waals surface area (Å²) in [5, 5.41) is 2.76. The second kappa shape index (κ2) is 8.61. The number of hydrogen-bond donors (Lipinski definition) is 2. The van der Waals surface area contributed by atoms with Gasteiger partial charge in [-0.3, -0.25) is 9.69 Å². The van der Waals surface area contributed by atoms with Crippen molar-refractivity contribution >= 4 is 11.6 Å². The number of rotatable bonds is 8. The first kappa shape index (κ1) is 15.6. The third-order valence-corrected chi connectivity index (χ3v) is 2.71. The summed E-state index contributed by atoms with van der Waals surface area (Å²) < 4.78 is 12.7. The number of halogens is 1. The smallest absolute Gasteiger partial charge is 0.238 e. The second-order valence-electron chi connectivity index (χ2n) is 4.47. The predicted molar refractivity (Wildman–Crippen MR) is 75.4 cm³/mol. The monoisotopic (exact) mass is 267 g/mol. The lowest BCUT2D eigenvalue weighted by molar-refractivity contribution is -0.117. The highest BCUT2D eigenvalue weighted by Gasteiger charge is 2.09. The van der Waals surface area contributed by atoms with Crippen molar-refractivity contribution in [1.29, 1.82) is 0 Å². The van der Waals surface area contributed by atoms with E-state index in [1.165, 1.54) is 12.1 Å². The van der Waals surface area contributed by atoms with E-state index in [1.54, 1.807) is 12.1 Å². The lowest BCUT2D eigenvalue weighted by Crippen LogP contribution is -2.35. The molecular formula is C14H22FN3O. The molecule has 0 saturated heterocycles. The normalized spacial score (nSPS) is 10.7. The largest absolute Gasteiger partial charge is 0.330 e. The van der Waals surface area contributed by atoms with Crippen LogP contribution in [0.3, 0.4) is 0 Å². The SMILES string of the molecule is CCCN(CCCN)CC(=O)Nc1ccc(F)cc1. The number of amides is 1. The molecule has 0 aliphatic carbocycles. The van der Waals surface area contributed by atoms with Gasteiger partial charge in [-0.15, -0.1) is 0 Å². The second-order valence-corrected chi connectivity index (χ2v) is 4.47. The molecular weight excluding hydrogens is 245 g/mol.